The number of benzene rings is 2. The molecule has 0 aliphatic rings. The van der Waals surface area contributed by atoms with Crippen molar-refractivity contribution >= 4 is 16.8 Å². The minimum Gasteiger partial charge on any atom is -0.332 e. The fourth-order valence-corrected chi connectivity index (χ4v) is 3.42. The molecular weight excluding hydrogens is 358 g/mol. The second-order valence-corrected chi connectivity index (χ2v) is 7.30. The van der Waals surface area contributed by atoms with E-state index < -0.39 is 0 Å². The molecule has 0 radical (unpaired) electrons. The lowest BCUT2D eigenvalue weighted by Gasteiger charge is -2.27. The molecule has 1 amide bonds. The first-order valence-electron chi connectivity index (χ1n) is 9.79. The minimum atomic E-state index is -0.000339. The predicted octanol–water partition coefficient (Wildman–Crippen LogP) is 5.35. The SMILES string of the molecule is CC(C)N(Cc1ccccc1)C(=O)c1cc(-c2ccccn2)nc2ccccc12. The number of hydrogen-bond donors (Lipinski definition) is 0. The van der Waals surface area contributed by atoms with Gasteiger partial charge in [0.2, 0.25) is 0 Å². The van der Waals surface area contributed by atoms with Crippen LogP contribution in [0, 0.1) is 0 Å². The van der Waals surface area contributed by atoms with Gasteiger partial charge >= 0.3 is 0 Å². The van der Waals surface area contributed by atoms with Crippen LogP contribution in [-0.4, -0.2) is 26.8 Å². The van der Waals surface area contributed by atoms with Crippen LogP contribution in [-0.2, 0) is 6.54 Å². The van der Waals surface area contributed by atoms with Gasteiger partial charge in [0.15, 0.2) is 0 Å². The number of carbonyl (C=O) groups is 1. The van der Waals surface area contributed by atoms with Crippen molar-refractivity contribution in [1.82, 2.24) is 14.9 Å². The Labute approximate surface area is 170 Å². The van der Waals surface area contributed by atoms with Gasteiger partial charge in [-0.15, -0.1) is 0 Å². The number of amides is 1. The maximum atomic E-state index is 13.7. The van der Waals surface area contributed by atoms with Crippen molar-refractivity contribution in [1.29, 1.82) is 0 Å². The van der Waals surface area contributed by atoms with Gasteiger partial charge in [0.1, 0.15) is 0 Å². The van der Waals surface area contributed by atoms with Crippen molar-refractivity contribution < 1.29 is 4.79 Å². The zero-order valence-corrected chi connectivity index (χ0v) is 16.6. The Morgan fingerprint density at radius 1 is 0.897 bits per heavy atom. The molecule has 0 bridgehead atoms. The molecule has 0 aliphatic heterocycles. The van der Waals surface area contributed by atoms with Crippen LogP contribution in [0.2, 0.25) is 0 Å². The summed E-state index contributed by atoms with van der Waals surface area (Å²) in [5, 5.41) is 0.857. The normalized spacial score (nSPS) is 11.0. The highest BCUT2D eigenvalue weighted by molar-refractivity contribution is 6.07. The van der Waals surface area contributed by atoms with Crippen LogP contribution in [0.1, 0.15) is 29.8 Å². The lowest BCUT2D eigenvalue weighted by Crippen LogP contribution is -2.36. The molecule has 29 heavy (non-hydrogen) atoms. The van der Waals surface area contributed by atoms with Crippen LogP contribution in [0.5, 0.6) is 0 Å². The zero-order valence-electron chi connectivity index (χ0n) is 16.6. The Bertz CT molecular complexity index is 1120. The van der Waals surface area contributed by atoms with Gasteiger partial charge in [-0.3, -0.25) is 9.78 Å². The molecular formula is C25H23N3O. The van der Waals surface area contributed by atoms with E-state index in [1.54, 1.807) is 6.20 Å². The molecule has 144 valence electrons. The van der Waals surface area contributed by atoms with Gasteiger partial charge in [0.05, 0.1) is 22.5 Å². The van der Waals surface area contributed by atoms with E-state index in [0.29, 0.717) is 17.8 Å². The van der Waals surface area contributed by atoms with E-state index in [0.717, 1.165) is 22.2 Å². The number of pyridine rings is 2. The molecule has 0 saturated carbocycles. The monoisotopic (exact) mass is 381 g/mol. The Morgan fingerprint density at radius 2 is 1.62 bits per heavy atom. The molecule has 0 unspecified atom stereocenters. The van der Waals surface area contributed by atoms with Crippen molar-refractivity contribution in [3.63, 3.8) is 0 Å². The third-order valence-corrected chi connectivity index (χ3v) is 4.95. The van der Waals surface area contributed by atoms with Gasteiger partial charge in [0.25, 0.3) is 5.91 Å². The molecule has 2 aromatic heterocycles. The summed E-state index contributed by atoms with van der Waals surface area (Å²) in [4.78, 5) is 24.7. The van der Waals surface area contributed by atoms with Gasteiger partial charge < -0.3 is 4.90 Å². The molecule has 0 fully saturated rings. The largest absolute Gasteiger partial charge is 0.332 e. The summed E-state index contributed by atoms with van der Waals surface area (Å²) >= 11 is 0. The van der Waals surface area contributed by atoms with Crippen molar-refractivity contribution in [2.75, 3.05) is 0 Å². The number of fused-ring (bicyclic) bond motifs is 1. The van der Waals surface area contributed by atoms with Crippen LogP contribution in [0.4, 0.5) is 0 Å². The Hall–Kier alpha value is -3.53. The quantitative estimate of drug-likeness (QED) is 0.468. The van der Waals surface area contributed by atoms with Crippen molar-refractivity contribution in [2.24, 2.45) is 0 Å². The van der Waals surface area contributed by atoms with Gasteiger partial charge in [-0.1, -0.05) is 54.6 Å². The Kier molecular flexibility index (Phi) is 5.34. The molecule has 0 aliphatic carbocycles. The van der Waals surface area contributed by atoms with Crippen LogP contribution in [0.25, 0.3) is 22.3 Å². The van der Waals surface area contributed by atoms with E-state index in [-0.39, 0.29) is 11.9 Å². The van der Waals surface area contributed by atoms with Crippen LogP contribution in [0.3, 0.4) is 0 Å². The number of carbonyl (C=O) groups excluding carboxylic acids is 1. The highest BCUT2D eigenvalue weighted by Crippen LogP contribution is 2.26. The molecule has 4 heteroatoms. The molecule has 4 nitrogen and oxygen atoms in total. The summed E-state index contributed by atoms with van der Waals surface area (Å²) in [5.74, 6) is -0.000339. The van der Waals surface area contributed by atoms with Crippen LogP contribution in [0.15, 0.2) is 85.1 Å². The first-order valence-corrected chi connectivity index (χ1v) is 9.79. The second kappa shape index (κ2) is 8.23. The van der Waals surface area contributed by atoms with E-state index >= 15 is 0 Å². The summed E-state index contributed by atoms with van der Waals surface area (Å²) in [7, 11) is 0. The van der Waals surface area contributed by atoms with Gasteiger partial charge in [-0.2, -0.15) is 0 Å². The first kappa shape index (κ1) is 18.8. The van der Waals surface area contributed by atoms with E-state index in [2.05, 4.69) is 4.98 Å². The summed E-state index contributed by atoms with van der Waals surface area (Å²) < 4.78 is 0. The third kappa shape index (κ3) is 4.02. The summed E-state index contributed by atoms with van der Waals surface area (Å²) in [6, 6.07) is 25.5. The number of hydrogen-bond acceptors (Lipinski definition) is 3. The smallest absolute Gasteiger partial charge is 0.255 e. The second-order valence-electron chi connectivity index (χ2n) is 7.30. The van der Waals surface area contributed by atoms with E-state index in [1.807, 2.05) is 97.6 Å². The molecule has 0 N–H and O–H groups in total. The maximum Gasteiger partial charge on any atom is 0.255 e. The third-order valence-electron chi connectivity index (χ3n) is 4.95. The van der Waals surface area contributed by atoms with Crippen molar-refractivity contribution in [2.45, 2.75) is 26.4 Å². The maximum absolute atomic E-state index is 13.7. The van der Waals surface area contributed by atoms with Gasteiger partial charge in [-0.05, 0) is 43.7 Å². The number of nitrogens with zero attached hydrogens (tertiary/aromatic N) is 3. The van der Waals surface area contributed by atoms with E-state index in [4.69, 9.17) is 4.98 Å². The van der Waals surface area contributed by atoms with Crippen LogP contribution < -0.4 is 0 Å². The fraction of sp³-hybridized carbons (Fsp3) is 0.160. The number of aromatic nitrogens is 2. The molecule has 4 rings (SSSR count). The number of rotatable bonds is 5. The standard InChI is InChI=1S/C25H23N3O/c1-18(2)28(17-19-10-4-3-5-11-19)25(29)21-16-24(23-14-8-9-15-26-23)27-22-13-7-6-12-20(21)22/h3-16,18H,17H2,1-2H3. The molecule has 0 spiro atoms. The number of para-hydroxylation sites is 1. The van der Waals surface area contributed by atoms with Crippen LogP contribution >= 0.6 is 0 Å². The Balaban J connectivity index is 1.81. The lowest BCUT2D eigenvalue weighted by molar-refractivity contribution is 0.0692. The van der Waals surface area contributed by atoms with E-state index in [1.165, 1.54) is 0 Å². The molecule has 2 aromatic carbocycles. The summed E-state index contributed by atoms with van der Waals surface area (Å²) in [6.45, 7) is 4.65. The van der Waals surface area contributed by atoms with Crippen molar-refractivity contribution in [3.05, 3.63) is 96.2 Å². The molecule has 2 heterocycles. The molecule has 4 aromatic rings. The van der Waals surface area contributed by atoms with Crippen molar-refractivity contribution in [3.8, 4) is 11.4 Å². The average Bonchev–Trinajstić information content (AvgIpc) is 2.77. The van der Waals surface area contributed by atoms with Gasteiger partial charge in [-0.25, -0.2) is 4.98 Å². The highest BCUT2D eigenvalue weighted by Gasteiger charge is 2.22. The predicted molar refractivity (Wildman–Crippen MR) is 116 cm³/mol. The lowest BCUT2D eigenvalue weighted by atomic mass is 10.0. The molecule has 0 atom stereocenters. The van der Waals surface area contributed by atoms with E-state index in [9.17, 15) is 4.79 Å². The topological polar surface area (TPSA) is 46.1 Å². The molecule has 0 saturated heterocycles. The first-order chi connectivity index (χ1) is 14.1. The summed E-state index contributed by atoms with van der Waals surface area (Å²) in [6.07, 6.45) is 1.74. The fourth-order valence-electron chi connectivity index (χ4n) is 3.42. The zero-order chi connectivity index (χ0) is 20.2. The minimum absolute atomic E-state index is 0.000339. The van der Waals surface area contributed by atoms with Gasteiger partial charge in [0, 0.05) is 24.2 Å². The highest BCUT2D eigenvalue weighted by atomic mass is 16.2. The average molecular weight is 381 g/mol. The Morgan fingerprint density at radius 3 is 2.34 bits per heavy atom. The summed E-state index contributed by atoms with van der Waals surface area (Å²) in [5.41, 5.74) is 4.02.